The Morgan fingerprint density at radius 1 is 1.21 bits per heavy atom. The quantitative estimate of drug-likeness (QED) is 0.525. The van der Waals surface area contributed by atoms with Crippen LogP contribution in [0.25, 0.3) is 11.4 Å². The number of hydrogen-bond donors (Lipinski definition) is 1. The summed E-state index contributed by atoms with van der Waals surface area (Å²) < 4.78 is 7.10. The van der Waals surface area contributed by atoms with Gasteiger partial charge in [-0.2, -0.15) is 0 Å². The van der Waals surface area contributed by atoms with E-state index in [0.29, 0.717) is 17.6 Å². The van der Waals surface area contributed by atoms with E-state index < -0.39 is 5.97 Å². The Hall–Kier alpha value is -2.35. The van der Waals surface area contributed by atoms with Crippen LogP contribution >= 0.6 is 11.8 Å². The first-order chi connectivity index (χ1) is 14.1. The van der Waals surface area contributed by atoms with Gasteiger partial charge in [-0.3, -0.25) is 9.59 Å². The van der Waals surface area contributed by atoms with Crippen molar-refractivity contribution in [1.82, 2.24) is 20.1 Å². The summed E-state index contributed by atoms with van der Waals surface area (Å²) in [6.07, 6.45) is 4.47. The van der Waals surface area contributed by atoms with Gasteiger partial charge in [-0.25, -0.2) is 0 Å². The molecule has 2 atom stereocenters. The van der Waals surface area contributed by atoms with E-state index in [9.17, 15) is 9.59 Å². The van der Waals surface area contributed by atoms with Crippen LogP contribution in [0.15, 0.2) is 35.5 Å². The van der Waals surface area contributed by atoms with Gasteiger partial charge >= 0.3 is 5.97 Å². The van der Waals surface area contributed by atoms with Gasteiger partial charge in [0.15, 0.2) is 17.6 Å². The molecule has 1 amide bonds. The number of carbonyl (C=O) groups is 2. The first kappa shape index (κ1) is 21.4. The van der Waals surface area contributed by atoms with E-state index >= 15 is 0 Å². The molecule has 1 aliphatic carbocycles. The number of carbonyl (C=O) groups excluding carboxylic acids is 2. The fraction of sp³-hybridized carbons (Fsp3) is 0.524. The molecule has 0 aliphatic heterocycles. The van der Waals surface area contributed by atoms with Crippen LogP contribution in [0, 0.1) is 5.92 Å². The maximum atomic E-state index is 12.1. The highest BCUT2D eigenvalue weighted by Crippen LogP contribution is 2.24. The second-order valence-electron chi connectivity index (χ2n) is 7.30. The number of esters is 1. The van der Waals surface area contributed by atoms with Crippen molar-refractivity contribution in [2.45, 2.75) is 57.3 Å². The summed E-state index contributed by atoms with van der Waals surface area (Å²) in [6.45, 7) is 4.62. The Kier molecular flexibility index (Phi) is 7.69. The van der Waals surface area contributed by atoms with Crippen LogP contribution in [-0.2, 0) is 20.9 Å². The summed E-state index contributed by atoms with van der Waals surface area (Å²) in [4.78, 5) is 24.1. The highest BCUT2D eigenvalue weighted by Gasteiger charge is 2.23. The Bertz CT molecular complexity index is 825. The second-order valence-corrected chi connectivity index (χ2v) is 8.24. The molecule has 1 heterocycles. The molecule has 0 radical (unpaired) electrons. The van der Waals surface area contributed by atoms with E-state index in [4.69, 9.17) is 4.74 Å². The summed E-state index contributed by atoms with van der Waals surface area (Å²) in [5.74, 6) is 0.655. The molecule has 1 N–H and O–H groups in total. The van der Waals surface area contributed by atoms with Gasteiger partial charge < -0.3 is 14.6 Å². The molecule has 7 nitrogen and oxygen atoms in total. The molecule has 1 aromatic carbocycles. The number of rotatable bonds is 8. The predicted molar refractivity (Wildman–Crippen MR) is 112 cm³/mol. The van der Waals surface area contributed by atoms with Crippen LogP contribution in [0.1, 0.15) is 39.5 Å². The summed E-state index contributed by atoms with van der Waals surface area (Å²) in [6, 6.07) is 9.99. The van der Waals surface area contributed by atoms with E-state index in [1.165, 1.54) is 18.2 Å². The van der Waals surface area contributed by atoms with Gasteiger partial charge in [0.2, 0.25) is 0 Å². The Balaban J connectivity index is 1.47. The van der Waals surface area contributed by atoms with Gasteiger partial charge in [0.1, 0.15) is 0 Å². The van der Waals surface area contributed by atoms with Crippen LogP contribution in [0.2, 0.25) is 0 Å². The number of thioether (sulfide) groups is 1. The second kappa shape index (κ2) is 10.4. The maximum absolute atomic E-state index is 12.1. The lowest BCUT2D eigenvalue weighted by molar-refractivity contribution is -0.146. The van der Waals surface area contributed by atoms with Gasteiger partial charge in [0, 0.05) is 18.2 Å². The van der Waals surface area contributed by atoms with Crippen molar-refractivity contribution in [3.63, 3.8) is 0 Å². The molecule has 1 fully saturated rings. The number of nitrogens with one attached hydrogen (secondary N) is 1. The largest absolute Gasteiger partial charge is 0.455 e. The molecule has 0 bridgehead atoms. The Morgan fingerprint density at radius 2 is 1.97 bits per heavy atom. The number of hydrogen-bond acceptors (Lipinski definition) is 6. The van der Waals surface area contributed by atoms with Crippen LogP contribution in [0.5, 0.6) is 0 Å². The lowest BCUT2D eigenvalue weighted by Crippen LogP contribution is -2.43. The lowest BCUT2D eigenvalue weighted by Gasteiger charge is -2.29. The predicted octanol–water partition coefficient (Wildman–Crippen LogP) is 3.30. The summed E-state index contributed by atoms with van der Waals surface area (Å²) in [7, 11) is 0. The lowest BCUT2D eigenvalue weighted by atomic mass is 9.86. The number of ether oxygens (including phenoxy) is 1. The minimum atomic E-state index is -0.436. The maximum Gasteiger partial charge on any atom is 0.316 e. The third-order valence-corrected chi connectivity index (χ3v) is 6.15. The highest BCUT2D eigenvalue weighted by molar-refractivity contribution is 7.99. The average Bonchev–Trinajstić information content (AvgIpc) is 3.16. The van der Waals surface area contributed by atoms with Crippen molar-refractivity contribution in [3.05, 3.63) is 30.3 Å². The molecule has 29 heavy (non-hydrogen) atoms. The molecule has 1 aromatic heterocycles. The summed E-state index contributed by atoms with van der Waals surface area (Å²) in [5.41, 5.74) is 0.977. The van der Waals surface area contributed by atoms with Crippen molar-refractivity contribution in [2.24, 2.45) is 5.92 Å². The Labute approximate surface area is 175 Å². The number of amides is 1. The molecule has 156 valence electrons. The summed E-state index contributed by atoms with van der Waals surface area (Å²) in [5, 5.41) is 12.1. The normalized spacial score (nSPS) is 19.0. The Morgan fingerprint density at radius 3 is 2.69 bits per heavy atom. The van der Waals surface area contributed by atoms with Crippen molar-refractivity contribution in [3.8, 4) is 11.4 Å². The van der Waals surface area contributed by atoms with E-state index in [0.717, 1.165) is 30.7 Å². The topological polar surface area (TPSA) is 86.1 Å². The smallest absolute Gasteiger partial charge is 0.316 e. The molecule has 0 saturated heterocycles. The number of nitrogens with zero attached hydrogens (tertiary/aromatic N) is 3. The SMILES string of the molecule is CCn1c(SCC(=O)OCC(=O)N[C@H]2CCCC[C@H]2C)nnc1-c1ccccc1. The average molecular weight is 417 g/mol. The van der Waals surface area contributed by atoms with Crippen LogP contribution < -0.4 is 5.32 Å². The summed E-state index contributed by atoms with van der Waals surface area (Å²) >= 11 is 1.27. The molecular weight excluding hydrogens is 388 g/mol. The molecule has 1 saturated carbocycles. The van der Waals surface area contributed by atoms with Crippen molar-refractivity contribution in [2.75, 3.05) is 12.4 Å². The fourth-order valence-corrected chi connectivity index (χ4v) is 4.37. The van der Waals surface area contributed by atoms with Crippen molar-refractivity contribution < 1.29 is 14.3 Å². The molecule has 0 unspecified atom stereocenters. The number of aromatic nitrogens is 3. The van der Waals surface area contributed by atoms with Gasteiger partial charge in [0.05, 0.1) is 5.75 Å². The van der Waals surface area contributed by atoms with E-state index in [2.05, 4.69) is 22.4 Å². The third-order valence-electron chi connectivity index (χ3n) is 5.21. The number of benzene rings is 1. The fourth-order valence-electron chi connectivity index (χ4n) is 3.57. The van der Waals surface area contributed by atoms with Gasteiger partial charge in [-0.15, -0.1) is 10.2 Å². The van der Waals surface area contributed by atoms with Crippen LogP contribution in [0.4, 0.5) is 0 Å². The molecule has 3 rings (SSSR count). The molecular formula is C21H28N4O3S. The zero-order chi connectivity index (χ0) is 20.6. The van der Waals surface area contributed by atoms with Crippen molar-refractivity contribution >= 4 is 23.6 Å². The van der Waals surface area contributed by atoms with E-state index in [1.807, 2.05) is 41.8 Å². The van der Waals surface area contributed by atoms with Crippen LogP contribution in [-0.4, -0.2) is 45.0 Å². The van der Waals surface area contributed by atoms with E-state index in [1.54, 1.807) is 0 Å². The van der Waals surface area contributed by atoms with Crippen molar-refractivity contribution in [1.29, 1.82) is 0 Å². The van der Waals surface area contributed by atoms with Gasteiger partial charge in [-0.1, -0.05) is 61.9 Å². The zero-order valence-electron chi connectivity index (χ0n) is 17.0. The first-order valence-corrected chi connectivity index (χ1v) is 11.1. The van der Waals surface area contributed by atoms with E-state index in [-0.39, 0.29) is 24.3 Å². The molecule has 8 heteroatoms. The molecule has 0 spiro atoms. The minimum absolute atomic E-state index is 0.0834. The highest BCUT2D eigenvalue weighted by atomic mass is 32.2. The monoisotopic (exact) mass is 416 g/mol. The molecule has 1 aliphatic rings. The minimum Gasteiger partial charge on any atom is -0.455 e. The van der Waals surface area contributed by atoms with Gasteiger partial charge in [0.25, 0.3) is 5.91 Å². The molecule has 2 aromatic rings. The van der Waals surface area contributed by atoms with Gasteiger partial charge in [-0.05, 0) is 25.7 Å². The van der Waals surface area contributed by atoms with Crippen LogP contribution in [0.3, 0.4) is 0 Å². The zero-order valence-corrected chi connectivity index (χ0v) is 17.8. The first-order valence-electron chi connectivity index (χ1n) is 10.1. The standard InChI is InChI=1S/C21H28N4O3S/c1-3-25-20(16-10-5-4-6-11-16)23-24-21(25)29-14-19(27)28-13-18(26)22-17-12-8-7-9-15(17)2/h4-6,10-11,15,17H,3,7-9,12-14H2,1-2H3,(H,22,26)/t15-,17+/m1/s1. The third kappa shape index (κ3) is 5.82.